The lowest BCUT2D eigenvalue weighted by Gasteiger charge is -2.22. The van der Waals surface area contributed by atoms with Gasteiger partial charge in [0.1, 0.15) is 17.2 Å². The van der Waals surface area contributed by atoms with Gasteiger partial charge in [-0.05, 0) is 6.07 Å². The molecule has 3 rings (SSSR count). The summed E-state index contributed by atoms with van der Waals surface area (Å²) in [5.74, 6) is 1.28. The first-order chi connectivity index (χ1) is 11.3. The summed E-state index contributed by atoms with van der Waals surface area (Å²) in [7, 11) is 3.21. The van der Waals surface area contributed by atoms with Crippen molar-refractivity contribution in [3.8, 4) is 11.5 Å². The zero-order valence-corrected chi connectivity index (χ0v) is 14.0. The van der Waals surface area contributed by atoms with E-state index in [1.165, 1.54) is 22.7 Å². The Hall–Kier alpha value is -2.46. The van der Waals surface area contributed by atoms with E-state index in [9.17, 15) is 0 Å². The van der Waals surface area contributed by atoms with Crippen molar-refractivity contribution >= 4 is 32.9 Å². The van der Waals surface area contributed by atoms with Crippen molar-refractivity contribution < 1.29 is 9.47 Å². The first-order valence-electron chi connectivity index (χ1n) is 6.58. The molecule has 0 saturated carbocycles. The summed E-state index contributed by atoms with van der Waals surface area (Å²) in [6, 6.07) is 5.68. The third-order valence-corrected chi connectivity index (χ3v) is 4.25. The normalized spacial score (nSPS) is 10.6. The molecule has 23 heavy (non-hydrogen) atoms. The van der Waals surface area contributed by atoms with Crippen LogP contribution in [0.15, 0.2) is 29.2 Å². The summed E-state index contributed by atoms with van der Waals surface area (Å²) in [4.78, 5) is 0. The van der Waals surface area contributed by atoms with Crippen LogP contribution in [0.25, 0.3) is 0 Å². The molecule has 0 bridgehead atoms. The second-order valence-corrected chi connectivity index (χ2v) is 5.96. The molecule has 0 aliphatic rings. The van der Waals surface area contributed by atoms with E-state index in [0.717, 1.165) is 5.56 Å². The second-order valence-electron chi connectivity index (χ2n) is 4.29. The number of aromatic nitrogens is 4. The van der Waals surface area contributed by atoms with Crippen molar-refractivity contribution in [3.63, 3.8) is 0 Å². The Morgan fingerprint density at radius 2 is 1.61 bits per heavy atom. The highest BCUT2D eigenvalue weighted by molar-refractivity contribution is 7.13. The summed E-state index contributed by atoms with van der Waals surface area (Å²) in [6.07, 6.45) is -0.332. The summed E-state index contributed by atoms with van der Waals surface area (Å²) < 4.78 is 10.9. The van der Waals surface area contributed by atoms with Crippen molar-refractivity contribution in [2.24, 2.45) is 0 Å². The summed E-state index contributed by atoms with van der Waals surface area (Å²) in [5, 5.41) is 23.6. The van der Waals surface area contributed by atoms with Crippen LogP contribution in [0.1, 0.15) is 11.7 Å². The van der Waals surface area contributed by atoms with Gasteiger partial charge in [-0.3, -0.25) is 0 Å². The van der Waals surface area contributed by atoms with Gasteiger partial charge in [-0.25, -0.2) is 0 Å². The summed E-state index contributed by atoms with van der Waals surface area (Å²) >= 11 is 2.81. The van der Waals surface area contributed by atoms with Crippen molar-refractivity contribution in [1.82, 2.24) is 20.4 Å². The maximum absolute atomic E-state index is 5.52. The van der Waals surface area contributed by atoms with Crippen LogP contribution in [0.2, 0.25) is 0 Å². The largest absolute Gasteiger partial charge is 0.493 e. The molecule has 0 aliphatic carbocycles. The number of nitrogens with zero attached hydrogens (tertiary/aromatic N) is 4. The van der Waals surface area contributed by atoms with Gasteiger partial charge >= 0.3 is 0 Å². The van der Waals surface area contributed by atoms with E-state index in [2.05, 4.69) is 31.0 Å². The number of hydrogen-bond acceptors (Lipinski definition) is 10. The topological polar surface area (TPSA) is 94.1 Å². The minimum atomic E-state index is -0.332. The molecule has 2 heterocycles. The molecule has 0 spiro atoms. The van der Waals surface area contributed by atoms with Gasteiger partial charge in [0.25, 0.3) is 0 Å². The Morgan fingerprint density at radius 1 is 0.957 bits per heavy atom. The van der Waals surface area contributed by atoms with E-state index in [4.69, 9.17) is 9.47 Å². The highest BCUT2D eigenvalue weighted by Crippen LogP contribution is 2.36. The lowest BCUT2D eigenvalue weighted by molar-refractivity contribution is 0.351. The minimum absolute atomic E-state index is 0.332. The number of ether oxygens (including phenoxy) is 2. The second kappa shape index (κ2) is 7.20. The molecule has 8 nitrogen and oxygen atoms in total. The fourth-order valence-electron chi connectivity index (χ4n) is 2.05. The van der Waals surface area contributed by atoms with Crippen LogP contribution in [-0.4, -0.2) is 34.6 Å². The predicted molar refractivity (Wildman–Crippen MR) is 89.4 cm³/mol. The van der Waals surface area contributed by atoms with Crippen molar-refractivity contribution in [1.29, 1.82) is 0 Å². The highest BCUT2D eigenvalue weighted by Gasteiger charge is 2.21. The van der Waals surface area contributed by atoms with E-state index < -0.39 is 0 Å². The van der Waals surface area contributed by atoms with E-state index in [1.807, 2.05) is 18.2 Å². The minimum Gasteiger partial charge on any atom is -0.493 e. The molecular formula is C13H14N6O2S2. The first-order valence-corrected chi connectivity index (χ1v) is 8.34. The average Bonchev–Trinajstić information content (AvgIpc) is 3.27. The fraction of sp³-hybridized carbons (Fsp3) is 0.231. The predicted octanol–water partition coefficient (Wildman–Crippen LogP) is 2.63. The summed E-state index contributed by atoms with van der Waals surface area (Å²) in [5.41, 5.74) is 4.18. The van der Waals surface area contributed by atoms with Crippen LogP contribution in [0.3, 0.4) is 0 Å². The molecule has 2 aromatic heterocycles. The molecule has 0 atom stereocenters. The maximum atomic E-state index is 5.52. The Morgan fingerprint density at radius 3 is 2.09 bits per heavy atom. The van der Waals surface area contributed by atoms with Crippen LogP contribution in [0, 0.1) is 0 Å². The molecule has 0 fully saturated rings. The number of hydrogen-bond donors (Lipinski definition) is 2. The Labute approximate surface area is 140 Å². The first kappa shape index (κ1) is 15.4. The third-order valence-electron chi connectivity index (χ3n) is 3.00. The van der Waals surface area contributed by atoms with Crippen molar-refractivity contribution in [3.05, 3.63) is 34.8 Å². The number of methoxy groups -OCH3 is 2. The van der Waals surface area contributed by atoms with Crippen LogP contribution in [-0.2, 0) is 0 Å². The van der Waals surface area contributed by atoms with Crippen LogP contribution >= 0.6 is 22.7 Å². The number of benzene rings is 1. The molecule has 10 heteroatoms. The number of anilines is 2. The maximum Gasteiger partial charge on any atom is 0.207 e. The van der Waals surface area contributed by atoms with E-state index >= 15 is 0 Å². The van der Waals surface area contributed by atoms with Gasteiger partial charge < -0.3 is 20.1 Å². The van der Waals surface area contributed by atoms with Gasteiger partial charge in [-0.2, -0.15) is 0 Å². The van der Waals surface area contributed by atoms with Crippen molar-refractivity contribution in [2.45, 2.75) is 6.17 Å². The molecule has 0 unspecified atom stereocenters. The Balaban J connectivity index is 1.97. The van der Waals surface area contributed by atoms with Gasteiger partial charge in [0.05, 0.1) is 14.2 Å². The smallest absolute Gasteiger partial charge is 0.207 e. The van der Waals surface area contributed by atoms with Gasteiger partial charge in [0, 0.05) is 5.56 Å². The monoisotopic (exact) mass is 350 g/mol. The van der Waals surface area contributed by atoms with Gasteiger partial charge in [0.15, 0.2) is 11.5 Å². The highest BCUT2D eigenvalue weighted by atomic mass is 32.1. The molecule has 0 saturated heterocycles. The van der Waals surface area contributed by atoms with Crippen molar-refractivity contribution in [2.75, 3.05) is 24.9 Å². The lowest BCUT2D eigenvalue weighted by Crippen LogP contribution is -2.20. The molecule has 120 valence electrons. The Bertz CT molecular complexity index is 699. The molecule has 0 aliphatic heterocycles. The number of para-hydroxylation sites is 1. The molecule has 3 aromatic rings. The fourth-order valence-corrected chi connectivity index (χ4v) is 3.00. The van der Waals surface area contributed by atoms with E-state index in [1.54, 1.807) is 25.2 Å². The molecule has 0 amide bonds. The Kier molecular flexibility index (Phi) is 4.83. The average molecular weight is 350 g/mol. The molecular weight excluding hydrogens is 336 g/mol. The van der Waals surface area contributed by atoms with E-state index in [-0.39, 0.29) is 6.17 Å². The molecule has 1 aromatic carbocycles. The lowest BCUT2D eigenvalue weighted by atomic mass is 10.1. The van der Waals surface area contributed by atoms with Gasteiger partial charge in [-0.1, -0.05) is 34.8 Å². The van der Waals surface area contributed by atoms with Crippen LogP contribution in [0.5, 0.6) is 11.5 Å². The van der Waals surface area contributed by atoms with Crippen LogP contribution in [0.4, 0.5) is 10.3 Å². The quantitative estimate of drug-likeness (QED) is 0.628. The number of nitrogens with one attached hydrogen (secondary N) is 2. The van der Waals surface area contributed by atoms with E-state index in [0.29, 0.717) is 21.8 Å². The SMILES string of the molecule is COc1cccc(C(Nc2nncs2)Nc2nncs2)c1OC. The number of rotatable bonds is 7. The summed E-state index contributed by atoms with van der Waals surface area (Å²) in [6.45, 7) is 0. The third kappa shape index (κ3) is 3.48. The van der Waals surface area contributed by atoms with Crippen LogP contribution < -0.4 is 20.1 Å². The standard InChI is InChI=1S/C13H14N6O2S2/c1-20-9-5-3-4-8(10(9)21-2)11(16-12-18-14-6-22-12)17-13-19-15-7-23-13/h3-7,11H,1-2H3,(H,16,18)(H,17,19). The zero-order chi connectivity index (χ0) is 16.1. The zero-order valence-electron chi connectivity index (χ0n) is 12.4. The molecule has 2 N–H and O–H groups in total. The molecule has 0 radical (unpaired) electrons. The van der Waals surface area contributed by atoms with Gasteiger partial charge in [0.2, 0.25) is 10.3 Å². The van der Waals surface area contributed by atoms with Gasteiger partial charge in [-0.15, -0.1) is 20.4 Å².